The van der Waals surface area contributed by atoms with Gasteiger partial charge in [0.2, 0.25) is 0 Å². The van der Waals surface area contributed by atoms with Gasteiger partial charge in [0.05, 0.1) is 12.1 Å². The highest BCUT2D eigenvalue weighted by Gasteiger charge is 2.12. The zero-order valence-electron chi connectivity index (χ0n) is 7.78. The molecule has 72 valence electrons. The van der Waals surface area contributed by atoms with Crippen LogP contribution in [-0.4, -0.2) is 16.1 Å². The number of aryl methyl sites for hydroxylation is 1. The van der Waals surface area contributed by atoms with E-state index in [0.29, 0.717) is 12.2 Å². The van der Waals surface area contributed by atoms with Crippen LogP contribution in [0.4, 0.5) is 0 Å². The van der Waals surface area contributed by atoms with Crippen LogP contribution in [0.2, 0.25) is 0 Å². The summed E-state index contributed by atoms with van der Waals surface area (Å²) in [7, 11) is 0. The molecule has 0 atom stereocenters. The molecule has 0 aliphatic carbocycles. The van der Waals surface area contributed by atoms with Crippen molar-refractivity contribution in [1.82, 2.24) is 4.98 Å². The average molecular weight is 183 g/mol. The van der Waals surface area contributed by atoms with Gasteiger partial charge in [0.1, 0.15) is 5.76 Å². The van der Waals surface area contributed by atoms with Crippen molar-refractivity contribution in [2.45, 2.75) is 32.6 Å². The minimum Gasteiger partial charge on any atom is -0.481 e. The van der Waals surface area contributed by atoms with Crippen molar-refractivity contribution in [1.29, 1.82) is 0 Å². The van der Waals surface area contributed by atoms with Crippen molar-refractivity contribution in [2.75, 3.05) is 0 Å². The smallest absolute Gasteiger partial charge is 0.303 e. The Balaban J connectivity index is 2.65. The van der Waals surface area contributed by atoms with Gasteiger partial charge >= 0.3 is 5.97 Å². The predicted octanol–water partition coefficient (Wildman–Crippen LogP) is 1.82. The Morgan fingerprint density at radius 1 is 1.69 bits per heavy atom. The number of aromatic nitrogens is 1. The summed E-state index contributed by atoms with van der Waals surface area (Å²) in [5.41, 5.74) is 0.862. The molecule has 1 N–H and O–H groups in total. The SMILES string of the molecule is CC(C)c1ncoc1CCC(=O)O. The van der Waals surface area contributed by atoms with E-state index in [1.54, 1.807) is 0 Å². The third-order valence-electron chi connectivity index (χ3n) is 1.79. The van der Waals surface area contributed by atoms with Crippen LogP contribution in [0.25, 0.3) is 0 Å². The van der Waals surface area contributed by atoms with Crippen LogP contribution < -0.4 is 0 Å². The first-order valence-electron chi connectivity index (χ1n) is 4.25. The summed E-state index contributed by atoms with van der Waals surface area (Å²) < 4.78 is 5.10. The van der Waals surface area contributed by atoms with E-state index in [4.69, 9.17) is 9.52 Å². The fraction of sp³-hybridized carbons (Fsp3) is 0.556. The second-order valence-electron chi connectivity index (χ2n) is 3.21. The molecule has 0 amide bonds. The summed E-state index contributed by atoms with van der Waals surface area (Å²) in [5, 5.41) is 8.48. The lowest BCUT2D eigenvalue weighted by molar-refractivity contribution is -0.137. The maximum Gasteiger partial charge on any atom is 0.303 e. The highest BCUT2D eigenvalue weighted by Crippen LogP contribution is 2.18. The first-order valence-corrected chi connectivity index (χ1v) is 4.25. The van der Waals surface area contributed by atoms with E-state index in [-0.39, 0.29) is 12.3 Å². The van der Waals surface area contributed by atoms with Gasteiger partial charge < -0.3 is 9.52 Å². The number of nitrogens with zero attached hydrogens (tertiary/aromatic N) is 1. The Bertz CT molecular complexity index is 291. The molecule has 4 heteroatoms. The number of hydrogen-bond acceptors (Lipinski definition) is 3. The van der Waals surface area contributed by atoms with E-state index in [0.717, 1.165) is 5.69 Å². The molecular formula is C9H13NO3. The molecule has 1 aromatic heterocycles. The summed E-state index contributed by atoms with van der Waals surface area (Å²) in [6.45, 7) is 4.00. The quantitative estimate of drug-likeness (QED) is 0.773. The number of aliphatic carboxylic acids is 1. The van der Waals surface area contributed by atoms with E-state index in [1.165, 1.54) is 6.39 Å². The van der Waals surface area contributed by atoms with Crippen LogP contribution in [0.3, 0.4) is 0 Å². The number of hydrogen-bond donors (Lipinski definition) is 1. The maximum atomic E-state index is 10.3. The molecule has 1 heterocycles. The van der Waals surface area contributed by atoms with E-state index >= 15 is 0 Å². The fourth-order valence-corrected chi connectivity index (χ4v) is 1.16. The van der Waals surface area contributed by atoms with Crippen molar-refractivity contribution in [3.05, 3.63) is 17.8 Å². The van der Waals surface area contributed by atoms with Crippen molar-refractivity contribution in [2.24, 2.45) is 0 Å². The molecule has 0 bridgehead atoms. The van der Waals surface area contributed by atoms with Crippen LogP contribution >= 0.6 is 0 Å². The second-order valence-corrected chi connectivity index (χ2v) is 3.21. The summed E-state index contributed by atoms with van der Waals surface area (Å²) in [6, 6.07) is 0. The standard InChI is InChI=1S/C9H13NO3/c1-6(2)9-7(13-5-10-9)3-4-8(11)12/h5-6H,3-4H2,1-2H3,(H,11,12). The minimum atomic E-state index is -0.814. The van der Waals surface area contributed by atoms with E-state index in [9.17, 15) is 4.79 Å². The Labute approximate surface area is 76.6 Å². The largest absolute Gasteiger partial charge is 0.481 e. The lowest BCUT2D eigenvalue weighted by atomic mass is 10.1. The Morgan fingerprint density at radius 3 is 2.92 bits per heavy atom. The summed E-state index contributed by atoms with van der Waals surface area (Å²) in [4.78, 5) is 14.3. The van der Waals surface area contributed by atoms with Crippen LogP contribution in [0.1, 0.15) is 37.6 Å². The molecule has 0 saturated heterocycles. The molecule has 0 aliphatic rings. The molecule has 1 rings (SSSR count). The molecule has 4 nitrogen and oxygen atoms in total. The van der Waals surface area contributed by atoms with Gasteiger partial charge in [-0.3, -0.25) is 4.79 Å². The zero-order chi connectivity index (χ0) is 9.84. The van der Waals surface area contributed by atoms with Gasteiger partial charge in [0.15, 0.2) is 6.39 Å². The predicted molar refractivity (Wildman–Crippen MR) is 46.5 cm³/mol. The van der Waals surface area contributed by atoms with Gasteiger partial charge in [0.25, 0.3) is 0 Å². The molecule has 0 radical (unpaired) electrons. The second kappa shape index (κ2) is 4.07. The first-order chi connectivity index (χ1) is 6.11. The molecule has 0 aliphatic heterocycles. The zero-order valence-corrected chi connectivity index (χ0v) is 7.78. The molecule has 0 fully saturated rings. The first kappa shape index (κ1) is 9.77. The van der Waals surface area contributed by atoms with E-state index in [1.807, 2.05) is 13.8 Å². The normalized spacial score (nSPS) is 10.7. The molecule has 13 heavy (non-hydrogen) atoms. The van der Waals surface area contributed by atoms with Crippen LogP contribution in [0.15, 0.2) is 10.8 Å². The molecule has 0 spiro atoms. The van der Waals surface area contributed by atoms with Gasteiger partial charge in [-0.25, -0.2) is 4.98 Å². The molecule has 0 saturated carbocycles. The molecule has 0 unspecified atom stereocenters. The summed E-state index contributed by atoms with van der Waals surface area (Å²) >= 11 is 0. The maximum absolute atomic E-state index is 10.3. The number of carboxylic acids is 1. The van der Waals surface area contributed by atoms with Crippen LogP contribution in [0.5, 0.6) is 0 Å². The van der Waals surface area contributed by atoms with Gasteiger partial charge in [-0.2, -0.15) is 0 Å². The highest BCUT2D eigenvalue weighted by atomic mass is 16.4. The van der Waals surface area contributed by atoms with E-state index in [2.05, 4.69) is 4.98 Å². The fourth-order valence-electron chi connectivity index (χ4n) is 1.16. The van der Waals surface area contributed by atoms with Crippen molar-refractivity contribution in [3.63, 3.8) is 0 Å². The Morgan fingerprint density at radius 2 is 2.38 bits per heavy atom. The van der Waals surface area contributed by atoms with Gasteiger partial charge in [0, 0.05) is 6.42 Å². The third kappa shape index (κ3) is 2.57. The summed E-state index contributed by atoms with van der Waals surface area (Å²) in [6.07, 6.45) is 1.88. The number of carbonyl (C=O) groups is 1. The topological polar surface area (TPSA) is 63.3 Å². The Kier molecular flexibility index (Phi) is 3.06. The number of carboxylic acid groups (broad SMARTS) is 1. The average Bonchev–Trinajstić information content (AvgIpc) is 2.47. The number of oxazole rings is 1. The van der Waals surface area contributed by atoms with Crippen molar-refractivity contribution < 1.29 is 14.3 Å². The van der Waals surface area contributed by atoms with Crippen LogP contribution in [0, 0.1) is 0 Å². The van der Waals surface area contributed by atoms with Crippen LogP contribution in [-0.2, 0) is 11.2 Å². The lowest BCUT2D eigenvalue weighted by Gasteiger charge is -2.01. The van der Waals surface area contributed by atoms with Crippen molar-refractivity contribution in [3.8, 4) is 0 Å². The third-order valence-corrected chi connectivity index (χ3v) is 1.79. The minimum absolute atomic E-state index is 0.0922. The highest BCUT2D eigenvalue weighted by molar-refractivity contribution is 5.66. The van der Waals surface area contributed by atoms with Gasteiger partial charge in [-0.05, 0) is 5.92 Å². The Hall–Kier alpha value is -1.32. The number of rotatable bonds is 4. The van der Waals surface area contributed by atoms with E-state index < -0.39 is 5.97 Å². The lowest BCUT2D eigenvalue weighted by Crippen LogP contribution is -2.00. The monoisotopic (exact) mass is 183 g/mol. The molecule has 0 aromatic carbocycles. The summed E-state index contributed by atoms with van der Waals surface area (Å²) in [5.74, 6) is 0.158. The van der Waals surface area contributed by atoms with Gasteiger partial charge in [-0.1, -0.05) is 13.8 Å². The molecular weight excluding hydrogens is 170 g/mol. The molecule has 1 aromatic rings. The van der Waals surface area contributed by atoms with Gasteiger partial charge in [-0.15, -0.1) is 0 Å². The van der Waals surface area contributed by atoms with Crippen molar-refractivity contribution >= 4 is 5.97 Å².